The number of nitrogens with zero attached hydrogens (tertiary/aromatic N) is 4. The van der Waals surface area contributed by atoms with E-state index in [1.54, 1.807) is 6.20 Å². The molecule has 162 valence electrons. The topological polar surface area (TPSA) is 62.5 Å². The number of hydrogen-bond donors (Lipinski definition) is 1. The van der Waals surface area contributed by atoms with Crippen LogP contribution in [-0.2, 0) is 0 Å². The monoisotopic (exact) mass is 417 g/mol. The minimum absolute atomic E-state index is 0.173. The van der Waals surface area contributed by atoms with Crippen LogP contribution in [0.4, 0.5) is 5.69 Å². The summed E-state index contributed by atoms with van der Waals surface area (Å²) in [6.45, 7) is 3.50. The van der Waals surface area contributed by atoms with Crippen molar-refractivity contribution in [3.05, 3.63) is 60.0 Å². The van der Waals surface area contributed by atoms with E-state index < -0.39 is 0 Å². The van der Waals surface area contributed by atoms with Crippen LogP contribution >= 0.6 is 0 Å². The van der Waals surface area contributed by atoms with Crippen LogP contribution in [0.5, 0.6) is 0 Å². The highest BCUT2D eigenvalue weighted by Gasteiger charge is 2.27. The predicted octanol–water partition coefficient (Wildman–Crippen LogP) is 4.74. The van der Waals surface area contributed by atoms with Crippen molar-refractivity contribution in [3.63, 3.8) is 0 Å². The quantitative estimate of drug-likeness (QED) is 0.651. The second-order valence-corrected chi connectivity index (χ2v) is 9.09. The molecule has 2 aromatic heterocycles. The lowest BCUT2D eigenvalue weighted by atomic mass is 9.87. The molecular formula is C25H31N5O. The molecule has 6 heteroatoms. The first kappa shape index (κ1) is 20.2. The Labute approximate surface area is 183 Å². The van der Waals surface area contributed by atoms with Gasteiger partial charge in [-0.15, -0.1) is 0 Å². The van der Waals surface area contributed by atoms with Crippen LogP contribution in [0.1, 0.15) is 66.9 Å². The summed E-state index contributed by atoms with van der Waals surface area (Å²) >= 11 is 0. The standard InChI is InChI=1S/C25H31N5O/c31-25(28-21-11-5-2-6-12-21)22-16-27-30-23(13-14-26-24(22)30)20-10-7-15-29(18-20)17-19-8-3-1-4-9-19/h2,5-6,11-14,16,19-20H,1,3-4,7-10,15,17-18H2,(H,28,31)/t20-/m0/s1. The number of benzene rings is 1. The van der Waals surface area contributed by atoms with Gasteiger partial charge in [0, 0.05) is 30.9 Å². The normalized spacial score (nSPS) is 20.7. The summed E-state index contributed by atoms with van der Waals surface area (Å²) in [5.74, 6) is 1.11. The molecule has 2 fully saturated rings. The molecule has 1 N–H and O–H groups in total. The summed E-state index contributed by atoms with van der Waals surface area (Å²) in [6.07, 6.45) is 12.8. The summed E-state index contributed by atoms with van der Waals surface area (Å²) in [7, 11) is 0. The van der Waals surface area contributed by atoms with Gasteiger partial charge in [0.25, 0.3) is 5.91 Å². The van der Waals surface area contributed by atoms with E-state index in [4.69, 9.17) is 0 Å². The van der Waals surface area contributed by atoms with Gasteiger partial charge in [0.15, 0.2) is 5.65 Å². The summed E-state index contributed by atoms with van der Waals surface area (Å²) in [5, 5.41) is 7.52. The molecule has 31 heavy (non-hydrogen) atoms. The van der Waals surface area contributed by atoms with Gasteiger partial charge in [0.1, 0.15) is 5.56 Å². The molecule has 0 bridgehead atoms. The van der Waals surface area contributed by atoms with Crippen molar-refractivity contribution < 1.29 is 4.79 Å². The number of rotatable bonds is 5. The van der Waals surface area contributed by atoms with E-state index in [1.165, 1.54) is 51.6 Å². The molecule has 1 atom stereocenters. The average molecular weight is 418 g/mol. The number of hydrogen-bond acceptors (Lipinski definition) is 4. The summed E-state index contributed by atoms with van der Waals surface area (Å²) in [6, 6.07) is 11.6. The van der Waals surface area contributed by atoms with Crippen molar-refractivity contribution in [1.29, 1.82) is 0 Å². The smallest absolute Gasteiger partial charge is 0.261 e. The van der Waals surface area contributed by atoms with Crippen LogP contribution in [-0.4, -0.2) is 45.0 Å². The third-order valence-corrected chi connectivity index (χ3v) is 6.87. The molecule has 1 aliphatic carbocycles. The molecule has 0 spiro atoms. The maximum Gasteiger partial charge on any atom is 0.261 e. The highest BCUT2D eigenvalue weighted by Crippen LogP contribution is 2.30. The Morgan fingerprint density at radius 3 is 2.71 bits per heavy atom. The predicted molar refractivity (Wildman–Crippen MR) is 122 cm³/mol. The zero-order chi connectivity index (χ0) is 21.0. The van der Waals surface area contributed by atoms with E-state index in [-0.39, 0.29) is 5.91 Å². The Hall–Kier alpha value is -2.73. The van der Waals surface area contributed by atoms with Crippen LogP contribution in [0.3, 0.4) is 0 Å². The van der Waals surface area contributed by atoms with E-state index in [0.29, 0.717) is 17.1 Å². The number of fused-ring (bicyclic) bond motifs is 1. The zero-order valence-electron chi connectivity index (χ0n) is 18.0. The van der Waals surface area contributed by atoms with Gasteiger partial charge < -0.3 is 10.2 Å². The molecule has 1 saturated heterocycles. The molecule has 3 aromatic rings. The summed E-state index contributed by atoms with van der Waals surface area (Å²) < 4.78 is 1.88. The number of anilines is 1. The van der Waals surface area contributed by atoms with Gasteiger partial charge in [-0.2, -0.15) is 5.10 Å². The lowest BCUT2D eigenvalue weighted by Gasteiger charge is -2.36. The molecule has 3 heterocycles. The van der Waals surface area contributed by atoms with Gasteiger partial charge in [-0.3, -0.25) is 4.79 Å². The Kier molecular flexibility index (Phi) is 5.98. The number of aromatic nitrogens is 3. The molecule has 1 amide bonds. The van der Waals surface area contributed by atoms with Crippen molar-refractivity contribution in [3.8, 4) is 0 Å². The van der Waals surface area contributed by atoms with Crippen molar-refractivity contribution in [2.75, 3.05) is 25.0 Å². The number of carbonyl (C=O) groups is 1. The molecule has 2 aliphatic rings. The Bertz CT molecular complexity index is 1020. The fraction of sp³-hybridized carbons (Fsp3) is 0.480. The van der Waals surface area contributed by atoms with Crippen LogP contribution in [0.25, 0.3) is 5.65 Å². The van der Waals surface area contributed by atoms with Gasteiger partial charge >= 0.3 is 0 Å². The van der Waals surface area contributed by atoms with Gasteiger partial charge in [-0.1, -0.05) is 37.5 Å². The number of likely N-dealkylation sites (tertiary alicyclic amines) is 1. The molecule has 1 aromatic carbocycles. The number of para-hydroxylation sites is 1. The van der Waals surface area contributed by atoms with Gasteiger partial charge in [-0.05, 0) is 56.3 Å². The summed E-state index contributed by atoms with van der Waals surface area (Å²) in [5.41, 5.74) is 3.08. The number of amides is 1. The van der Waals surface area contributed by atoms with E-state index in [2.05, 4.69) is 26.4 Å². The molecule has 0 radical (unpaired) electrons. The van der Waals surface area contributed by atoms with Crippen molar-refractivity contribution in [2.24, 2.45) is 5.92 Å². The Morgan fingerprint density at radius 1 is 1.03 bits per heavy atom. The lowest BCUT2D eigenvalue weighted by Crippen LogP contribution is -2.38. The minimum atomic E-state index is -0.173. The molecule has 1 aliphatic heterocycles. The Balaban J connectivity index is 1.33. The lowest BCUT2D eigenvalue weighted by molar-refractivity contribution is 0.102. The second kappa shape index (κ2) is 9.18. The van der Waals surface area contributed by atoms with Crippen molar-refractivity contribution in [2.45, 2.75) is 50.9 Å². The SMILES string of the molecule is O=C(Nc1ccccc1)c1cnn2c([C@H]3CCCN(CC4CCCCC4)C3)ccnc12. The van der Waals surface area contributed by atoms with Crippen LogP contribution in [0.2, 0.25) is 0 Å². The highest BCUT2D eigenvalue weighted by atomic mass is 16.1. The van der Waals surface area contributed by atoms with E-state index in [0.717, 1.165) is 30.3 Å². The maximum absolute atomic E-state index is 12.8. The van der Waals surface area contributed by atoms with E-state index in [9.17, 15) is 4.79 Å². The third kappa shape index (κ3) is 4.49. The van der Waals surface area contributed by atoms with Crippen LogP contribution < -0.4 is 5.32 Å². The van der Waals surface area contributed by atoms with Gasteiger partial charge in [0.2, 0.25) is 0 Å². The molecule has 6 nitrogen and oxygen atoms in total. The second-order valence-electron chi connectivity index (χ2n) is 9.09. The average Bonchev–Trinajstić information content (AvgIpc) is 3.25. The largest absolute Gasteiger partial charge is 0.322 e. The van der Waals surface area contributed by atoms with Gasteiger partial charge in [0.05, 0.1) is 11.9 Å². The molecule has 5 rings (SSSR count). The van der Waals surface area contributed by atoms with Gasteiger partial charge in [-0.25, -0.2) is 9.50 Å². The highest BCUT2D eigenvalue weighted by molar-refractivity contribution is 6.08. The number of piperidine rings is 1. The van der Waals surface area contributed by atoms with Crippen LogP contribution in [0.15, 0.2) is 48.8 Å². The fourth-order valence-corrected chi connectivity index (χ4v) is 5.30. The molecular weight excluding hydrogens is 386 g/mol. The van der Waals surface area contributed by atoms with Crippen molar-refractivity contribution in [1.82, 2.24) is 19.5 Å². The van der Waals surface area contributed by atoms with E-state index in [1.807, 2.05) is 41.0 Å². The van der Waals surface area contributed by atoms with E-state index >= 15 is 0 Å². The maximum atomic E-state index is 12.8. The Morgan fingerprint density at radius 2 is 1.87 bits per heavy atom. The first-order valence-corrected chi connectivity index (χ1v) is 11.7. The van der Waals surface area contributed by atoms with Crippen molar-refractivity contribution >= 4 is 17.2 Å². The van der Waals surface area contributed by atoms with Crippen LogP contribution in [0, 0.1) is 5.92 Å². The fourth-order valence-electron chi connectivity index (χ4n) is 5.30. The first-order valence-electron chi connectivity index (χ1n) is 11.7. The number of nitrogens with one attached hydrogen (secondary N) is 1. The molecule has 1 saturated carbocycles. The summed E-state index contributed by atoms with van der Waals surface area (Å²) in [4.78, 5) is 20.0. The molecule has 0 unspecified atom stereocenters. The zero-order valence-corrected chi connectivity index (χ0v) is 18.0. The number of carbonyl (C=O) groups excluding carboxylic acids is 1. The first-order chi connectivity index (χ1) is 15.3. The minimum Gasteiger partial charge on any atom is -0.322 e. The third-order valence-electron chi connectivity index (χ3n) is 6.87.